The van der Waals surface area contributed by atoms with Crippen LogP contribution in [0.25, 0.3) is 6.08 Å². The summed E-state index contributed by atoms with van der Waals surface area (Å²) in [6.07, 6.45) is 2.06. The molecule has 2 rings (SSSR count). The summed E-state index contributed by atoms with van der Waals surface area (Å²) < 4.78 is 31.8. The molecule has 0 saturated carbocycles. The number of thioether (sulfide) groups is 1. The minimum absolute atomic E-state index is 0.161. The van der Waals surface area contributed by atoms with E-state index in [0.717, 1.165) is 23.9 Å². The van der Waals surface area contributed by atoms with Crippen LogP contribution >= 0.6 is 24.0 Å². The zero-order valence-electron chi connectivity index (χ0n) is 11.3. The first-order valence-corrected chi connectivity index (χ1v) is 7.44. The maximum Gasteiger partial charge on any atom is 0.266 e. The highest BCUT2D eigenvalue weighted by Gasteiger charge is 2.31. The molecule has 1 heterocycles. The lowest BCUT2D eigenvalue weighted by Gasteiger charge is -2.13. The predicted octanol–water partition coefficient (Wildman–Crippen LogP) is 3.20. The van der Waals surface area contributed by atoms with Crippen molar-refractivity contribution in [3.05, 3.63) is 40.3 Å². The van der Waals surface area contributed by atoms with Crippen LogP contribution in [-0.2, 0) is 9.53 Å². The molecule has 0 bridgehead atoms. The lowest BCUT2D eigenvalue weighted by molar-refractivity contribution is -0.122. The maximum absolute atomic E-state index is 13.6. The highest BCUT2D eigenvalue weighted by atomic mass is 32.2. The van der Waals surface area contributed by atoms with Crippen molar-refractivity contribution in [1.82, 2.24) is 4.90 Å². The molecule has 3 nitrogen and oxygen atoms in total. The number of methoxy groups -OCH3 is 1. The number of rotatable bonds is 5. The summed E-state index contributed by atoms with van der Waals surface area (Å²) >= 11 is 6.26. The van der Waals surface area contributed by atoms with Crippen LogP contribution in [0, 0.1) is 11.6 Å². The molecule has 0 aromatic heterocycles. The summed E-state index contributed by atoms with van der Waals surface area (Å²) in [5.41, 5.74) is 0.161. The van der Waals surface area contributed by atoms with Crippen LogP contribution in [0.15, 0.2) is 23.1 Å². The summed E-state index contributed by atoms with van der Waals surface area (Å²) in [6, 6.07) is 3.22. The van der Waals surface area contributed by atoms with Crippen molar-refractivity contribution in [3.8, 4) is 0 Å². The van der Waals surface area contributed by atoms with Crippen LogP contribution in [0.4, 0.5) is 8.78 Å². The molecule has 112 valence electrons. The average molecular weight is 329 g/mol. The molecule has 0 spiro atoms. The number of carbonyl (C=O) groups excluding carboxylic acids is 1. The zero-order valence-corrected chi connectivity index (χ0v) is 12.9. The van der Waals surface area contributed by atoms with E-state index in [-0.39, 0.29) is 11.5 Å². The van der Waals surface area contributed by atoms with Gasteiger partial charge in [-0.1, -0.05) is 24.0 Å². The van der Waals surface area contributed by atoms with Gasteiger partial charge in [0, 0.05) is 31.9 Å². The number of hydrogen-bond acceptors (Lipinski definition) is 4. The van der Waals surface area contributed by atoms with Gasteiger partial charge in [0.1, 0.15) is 16.0 Å². The Morgan fingerprint density at radius 2 is 2.19 bits per heavy atom. The van der Waals surface area contributed by atoms with Crippen molar-refractivity contribution in [3.63, 3.8) is 0 Å². The number of benzene rings is 1. The van der Waals surface area contributed by atoms with Gasteiger partial charge in [0.2, 0.25) is 0 Å². The van der Waals surface area contributed by atoms with E-state index >= 15 is 0 Å². The van der Waals surface area contributed by atoms with Crippen LogP contribution in [-0.4, -0.2) is 35.4 Å². The van der Waals surface area contributed by atoms with Crippen molar-refractivity contribution in [2.75, 3.05) is 20.3 Å². The first-order valence-electron chi connectivity index (χ1n) is 6.22. The van der Waals surface area contributed by atoms with Gasteiger partial charge < -0.3 is 4.74 Å². The monoisotopic (exact) mass is 329 g/mol. The van der Waals surface area contributed by atoms with Gasteiger partial charge in [-0.15, -0.1) is 0 Å². The lowest BCUT2D eigenvalue weighted by Crippen LogP contribution is -2.29. The Bertz CT molecular complexity index is 605. The lowest BCUT2D eigenvalue weighted by atomic mass is 10.2. The second-order valence-electron chi connectivity index (χ2n) is 4.35. The second-order valence-corrected chi connectivity index (χ2v) is 6.02. The molecule has 1 saturated heterocycles. The molecule has 1 aromatic carbocycles. The molecule has 1 aliphatic rings. The van der Waals surface area contributed by atoms with E-state index in [0.29, 0.717) is 28.8 Å². The molecule has 0 atom stereocenters. The largest absolute Gasteiger partial charge is 0.385 e. The van der Waals surface area contributed by atoms with Crippen LogP contribution < -0.4 is 0 Å². The second kappa shape index (κ2) is 7.11. The number of amides is 1. The van der Waals surface area contributed by atoms with E-state index in [1.807, 2.05) is 0 Å². The average Bonchev–Trinajstić information content (AvgIpc) is 2.69. The van der Waals surface area contributed by atoms with Crippen LogP contribution in [0.2, 0.25) is 0 Å². The Kier molecular flexibility index (Phi) is 5.44. The third kappa shape index (κ3) is 3.87. The van der Waals surface area contributed by atoms with Crippen molar-refractivity contribution in [1.29, 1.82) is 0 Å². The van der Waals surface area contributed by atoms with Gasteiger partial charge in [-0.3, -0.25) is 9.69 Å². The molecule has 0 radical (unpaired) electrons. The van der Waals surface area contributed by atoms with Gasteiger partial charge in [0.05, 0.1) is 4.91 Å². The SMILES string of the molecule is COCCCN1C(=O)C(=Cc2ccc(F)cc2F)SC1=S. The number of ether oxygens (including phenoxy) is 1. The van der Waals surface area contributed by atoms with Gasteiger partial charge in [-0.25, -0.2) is 8.78 Å². The molecule has 1 aromatic rings. The van der Waals surface area contributed by atoms with E-state index in [1.165, 1.54) is 17.0 Å². The summed E-state index contributed by atoms with van der Waals surface area (Å²) in [5.74, 6) is -1.62. The smallest absolute Gasteiger partial charge is 0.266 e. The van der Waals surface area contributed by atoms with Gasteiger partial charge >= 0.3 is 0 Å². The van der Waals surface area contributed by atoms with Gasteiger partial charge in [-0.2, -0.15) is 0 Å². The highest BCUT2D eigenvalue weighted by molar-refractivity contribution is 8.26. The highest BCUT2D eigenvalue weighted by Crippen LogP contribution is 2.33. The molecule has 7 heteroatoms. The molecule has 1 fully saturated rings. The number of carbonyl (C=O) groups is 1. The molecular weight excluding hydrogens is 316 g/mol. The first-order chi connectivity index (χ1) is 10.0. The summed E-state index contributed by atoms with van der Waals surface area (Å²) in [7, 11) is 1.58. The number of thiocarbonyl (C=S) groups is 1. The topological polar surface area (TPSA) is 29.5 Å². The maximum atomic E-state index is 13.6. The fourth-order valence-electron chi connectivity index (χ4n) is 1.82. The summed E-state index contributed by atoms with van der Waals surface area (Å²) in [5, 5.41) is 0. The predicted molar refractivity (Wildman–Crippen MR) is 82.7 cm³/mol. The van der Waals surface area contributed by atoms with Crippen molar-refractivity contribution in [2.45, 2.75) is 6.42 Å². The quantitative estimate of drug-likeness (QED) is 0.471. The van der Waals surface area contributed by atoms with Crippen LogP contribution in [0.1, 0.15) is 12.0 Å². The minimum Gasteiger partial charge on any atom is -0.385 e. The molecule has 1 amide bonds. The minimum atomic E-state index is -0.709. The molecule has 0 aliphatic carbocycles. The Labute approximate surface area is 131 Å². The Balaban J connectivity index is 2.16. The van der Waals surface area contributed by atoms with E-state index in [9.17, 15) is 13.6 Å². The van der Waals surface area contributed by atoms with Crippen LogP contribution in [0.5, 0.6) is 0 Å². The third-order valence-corrected chi connectivity index (χ3v) is 4.23. The summed E-state index contributed by atoms with van der Waals surface area (Å²) in [6.45, 7) is 0.991. The molecule has 0 unspecified atom stereocenters. The van der Waals surface area contributed by atoms with Crippen molar-refractivity contribution in [2.24, 2.45) is 0 Å². The van der Waals surface area contributed by atoms with Crippen molar-refractivity contribution >= 4 is 40.3 Å². The van der Waals surface area contributed by atoms with Gasteiger partial charge in [-0.05, 0) is 24.6 Å². The molecule has 21 heavy (non-hydrogen) atoms. The molecule has 1 aliphatic heterocycles. The number of hydrogen-bond donors (Lipinski definition) is 0. The van der Waals surface area contributed by atoms with E-state index in [2.05, 4.69) is 0 Å². The van der Waals surface area contributed by atoms with Gasteiger partial charge in [0.15, 0.2) is 0 Å². The van der Waals surface area contributed by atoms with E-state index in [4.69, 9.17) is 17.0 Å². The Hall–Kier alpha value is -1.31. The molecular formula is C14H13F2NO2S2. The molecule has 0 N–H and O–H groups in total. The fraction of sp³-hybridized carbons (Fsp3) is 0.286. The third-order valence-electron chi connectivity index (χ3n) is 2.85. The van der Waals surface area contributed by atoms with Crippen molar-refractivity contribution < 1.29 is 18.3 Å². The van der Waals surface area contributed by atoms with Gasteiger partial charge in [0.25, 0.3) is 5.91 Å². The Morgan fingerprint density at radius 3 is 2.86 bits per heavy atom. The zero-order chi connectivity index (χ0) is 15.4. The first kappa shape index (κ1) is 16.1. The Morgan fingerprint density at radius 1 is 1.43 bits per heavy atom. The van der Waals surface area contributed by atoms with E-state index in [1.54, 1.807) is 7.11 Å². The summed E-state index contributed by atoms with van der Waals surface area (Å²) in [4.78, 5) is 14.0. The standard InChI is InChI=1S/C14H13F2NO2S2/c1-19-6-2-5-17-13(18)12(21-14(17)20)7-9-3-4-10(15)8-11(9)16/h3-4,7-8H,2,5-6H2,1H3. The van der Waals surface area contributed by atoms with Crippen LogP contribution in [0.3, 0.4) is 0 Å². The van der Waals surface area contributed by atoms with E-state index < -0.39 is 11.6 Å². The fourth-order valence-corrected chi connectivity index (χ4v) is 3.12. The normalized spacial score (nSPS) is 17.1. The number of halogens is 2. The number of nitrogens with zero attached hydrogens (tertiary/aromatic N) is 1.